The molecule has 0 saturated heterocycles. The number of aromatic nitrogens is 1. The third-order valence-electron chi connectivity index (χ3n) is 1.82. The van der Waals surface area contributed by atoms with Gasteiger partial charge in [0.25, 0.3) is 5.56 Å². The van der Waals surface area contributed by atoms with Crippen molar-refractivity contribution in [2.75, 3.05) is 0 Å². The van der Waals surface area contributed by atoms with Gasteiger partial charge in [0.15, 0.2) is 0 Å². The van der Waals surface area contributed by atoms with Gasteiger partial charge in [0.2, 0.25) is 0 Å². The van der Waals surface area contributed by atoms with Gasteiger partial charge in [0, 0.05) is 6.20 Å². The summed E-state index contributed by atoms with van der Waals surface area (Å²) in [7, 11) is 0. The fraction of sp³-hybridized carbons (Fsp3) is 0. The fourth-order valence-corrected chi connectivity index (χ4v) is 1.51. The van der Waals surface area contributed by atoms with E-state index in [1.165, 1.54) is 4.40 Å². The Labute approximate surface area is 82.4 Å². The van der Waals surface area contributed by atoms with Crippen LogP contribution in [-0.2, 0) is 0 Å². The van der Waals surface area contributed by atoms with Crippen LogP contribution in [-0.4, -0.2) is 9.51 Å². The van der Waals surface area contributed by atoms with Crippen LogP contribution in [0, 0.1) is 0 Å². The molecule has 0 radical (unpaired) electrons. The number of halogens is 1. The monoisotopic (exact) mass is 239 g/mol. The molecule has 2 rings (SSSR count). The van der Waals surface area contributed by atoms with Crippen LogP contribution in [0.4, 0.5) is 0 Å². The molecule has 2 heterocycles. The van der Waals surface area contributed by atoms with Gasteiger partial charge in [0.05, 0.1) is 9.99 Å². The van der Waals surface area contributed by atoms with Crippen molar-refractivity contribution in [1.29, 1.82) is 0 Å². The highest BCUT2D eigenvalue weighted by Gasteiger charge is 2.02. The summed E-state index contributed by atoms with van der Waals surface area (Å²) in [5, 5.41) is 9.41. The Balaban J connectivity index is 3.03. The Kier molecular flexibility index (Phi) is 1.84. The number of pyridine rings is 2. The highest BCUT2D eigenvalue weighted by atomic mass is 79.9. The molecule has 1 N–H and O–H groups in total. The minimum atomic E-state index is -0.173. The van der Waals surface area contributed by atoms with Crippen molar-refractivity contribution in [1.82, 2.24) is 4.40 Å². The molecule has 3 nitrogen and oxygen atoms in total. The van der Waals surface area contributed by atoms with Crippen molar-refractivity contribution in [3.63, 3.8) is 0 Å². The first-order chi connectivity index (χ1) is 6.20. The lowest BCUT2D eigenvalue weighted by atomic mass is 10.3. The maximum atomic E-state index is 11.5. The summed E-state index contributed by atoms with van der Waals surface area (Å²) >= 11 is 3.13. The predicted molar refractivity (Wildman–Crippen MR) is 53.0 cm³/mol. The molecule has 0 aliphatic rings. The molecule has 0 saturated carbocycles. The number of rotatable bonds is 0. The molecule has 2 aromatic heterocycles. The first-order valence-electron chi connectivity index (χ1n) is 3.69. The van der Waals surface area contributed by atoms with E-state index in [-0.39, 0.29) is 11.3 Å². The summed E-state index contributed by atoms with van der Waals surface area (Å²) < 4.78 is 1.87. The van der Waals surface area contributed by atoms with Crippen LogP contribution in [0.5, 0.6) is 5.75 Å². The van der Waals surface area contributed by atoms with E-state index < -0.39 is 0 Å². The Morgan fingerprint density at radius 3 is 2.85 bits per heavy atom. The average molecular weight is 240 g/mol. The van der Waals surface area contributed by atoms with Crippen molar-refractivity contribution in [3.8, 4) is 5.75 Å². The summed E-state index contributed by atoms with van der Waals surface area (Å²) in [5.74, 6) is 0.104. The van der Waals surface area contributed by atoms with Crippen molar-refractivity contribution in [3.05, 3.63) is 45.3 Å². The van der Waals surface area contributed by atoms with E-state index in [0.29, 0.717) is 9.99 Å². The number of aromatic hydroxyl groups is 1. The van der Waals surface area contributed by atoms with Gasteiger partial charge in [-0.05, 0) is 40.2 Å². The van der Waals surface area contributed by atoms with Gasteiger partial charge in [-0.1, -0.05) is 0 Å². The predicted octanol–water partition coefficient (Wildman–Crippen LogP) is 1.77. The van der Waals surface area contributed by atoms with Crippen LogP contribution < -0.4 is 5.56 Å². The lowest BCUT2D eigenvalue weighted by Crippen LogP contribution is -2.12. The minimum absolute atomic E-state index is 0.104. The highest BCUT2D eigenvalue weighted by molar-refractivity contribution is 9.10. The zero-order valence-corrected chi connectivity index (χ0v) is 8.15. The van der Waals surface area contributed by atoms with Crippen LogP contribution in [0.15, 0.2) is 39.7 Å². The Bertz CT molecular complexity index is 518. The molecule has 0 fully saturated rings. The van der Waals surface area contributed by atoms with Crippen LogP contribution >= 0.6 is 15.9 Å². The van der Waals surface area contributed by atoms with Crippen LogP contribution in [0.2, 0.25) is 0 Å². The number of hydrogen-bond acceptors (Lipinski definition) is 2. The van der Waals surface area contributed by atoms with Gasteiger partial charge < -0.3 is 5.11 Å². The molecule has 0 bridgehead atoms. The largest absolute Gasteiger partial charge is 0.506 e. The molecule has 0 amide bonds. The van der Waals surface area contributed by atoms with Crippen molar-refractivity contribution in [2.24, 2.45) is 0 Å². The topological polar surface area (TPSA) is 41.7 Å². The second kappa shape index (κ2) is 2.88. The van der Waals surface area contributed by atoms with Crippen LogP contribution in [0.1, 0.15) is 0 Å². The van der Waals surface area contributed by atoms with Crippen molar-refractivity contribution in [2.45, 2.75) is 0 Å². The first kappa shape index (κ1) is 8.31. The molecule has 0 unspecified atom stereocenters. The van der Waals surface area contributed by atoms with E-state index in [0.717, 1.165) is 0 Å². The average Bonchev–Trinajstić information content (AvgIpc) is 2.12. The number of nitrogens with zero attached hydrogens (tertiary/aromatic N) is 1. The second-order valence-electron chi connectivity index (χ2n) is 2.64. The third kappa shape index (κ3) is 1.23. The van der Waals surface area contributed by atoms with Crippen LogP contribution in [0.25, 0.3) is 5.52 Å². The summed E-state index contributed by atoms with van der Waals surface area (Å²) in [6.07, 6.45) is 1.61. The maximum absolute atomic E-state index is 11.5. The van der Waals surface area contributed by atoms with Gasteiger partial charge in [-0.15, -0.1) is 0 Å². The molecule has 0 spiro atoms. The lowest BCUT2D eigenvalue weighted by molar-refractivity contribution is 0.478. The first-order valence-corrected chi connectivity index (χ1v) is 4.48. The molecule has 0 atom stereocenters. The molecule has 0 aliphatic carbocycles. The summed E-state index contributed by atoms with van der Waals surface area (Å²) in [6, 6.07) is 6.47. The van der Waals surface area contributed by atoms with E-state index in [1.54, 1.807) is 30.5 Å². The molecular weight excluding hydrogens is 234 g/mol. The number of fused-ring (bicyclic) bond motifs is 1. The molecule has 0 aliphatic heterocycles. The van der Waals surface area contributed by atoms with Gasteiger partial charge in [-0.3, -0.25) is 9.20 Å². The normalized spacial score (nSPS) is 10.5. The van der Waals surface area contributed by atoms with Gasteiger partial charge in [-0.25, -0.2) is 0 Å². The summed E-state index contributed by atoms with van der Waals surface area (Å²) in [6.45, 7) is 0. The Hall–Kier alpha value is -1.29. The fourth-order valence-electron chi connectivity index (χ4n) is 1.19. The second-order valence-corrected chi connectivity index (χ2v) is 3.49. The van der Waals surface area contributed by atoms with E-state index in [2.05, 4.69) is 15.9 Å². The molecule has 66 valence electrons. The SMILES string of the molecule is O=c1c(Br)ccc2c(O)cccn12. The van der Waals surface area contributed by atoms with Gasteiger partial charge in [0.1, 0.15) is 5.75 Å². The lowest BCUT2D eigenvalue weighted by Gasteiger charge is -2.01. The zero-order valence-electron chi connectivity index (χ0n) is 6.57. The molecule has 2 aromatic rings. The van der Waals surface area contributed by atoms with Crippen molar-refractivity contribution >= 4 is 21.4 Å². The van der Waals surface area contributed by atoms with Crippen molar-refractivity contribution < 1.29 is 5.11 Å². The van der Waals surface area contributed by atoms with E-state index in [9.17, 15) is 9.90 Å². The molecule has 13 heavy (non-hydrogen) atoms. The Morgan fingerprint density at radius 1 is 1.31 bits per heavy atom. The Morgan fingerprint density at radius 2 is 2.08 bits per heavy atom. The quantitative estimate of drug-likeness (QED) is 0.762. The zero-order chi connectivity index (χ0) is 9.42. The number of hydrogen-bond donors (Lipinski definition) is 1. The summed E-state index contributed by atoms with van der Waals surface area (Å²) in [5.41, 5.74) is 0.337. The molecule has 0 aromatic carbocycles. The van der Waals surface area contributed by atoms with Gasteiger partial charge >= 0.3 is 0 Å². The van der Waals surface area contributed by atoms with E-state index in [1.807, 2.05) is 0 Å². The standard InChI is InChI=1S/C9H6BrNO2/c10-6-3-4-7-8(12)2-1-5-11(7)9(6)13/h1-5,12H. The molecular formula is C9H6BrNO2. The minimum Gasteiger partial charge on any atom is -0.506 e. The highest BCUT2D eigenvalue weighted by Crippen LogP contribution is 2.16. The molecule has 4 heteroatoms. The van der Waals surface area contributed by atoms with E-state index >= 15 is 0 Å². The van der Waals surface area contributed by atoms with Gasteiger partial charge in [-0.2, -0.15) is 0 Å². The smallest absolute Gasteiger partial charge is 0.269 e. The third-order valence-corrected chi connectivity index (χ3v) is 2.43. The summed E-state index contributed by atoms with van der Waals surface area (Å²) in [4.78, 5) is 11.5. The van der Waals surface area contributed by atoms with E-state index in [4.69, 9.17) is 0 Å². The van der Waals surface area contributed by atoms with Crippen LogP contribution in [0.3, 0.4) is 0 Å². The maximum Gasteiger partial charge on any atom is 0.269 e.